The van der Waals surface area contributed by atoms with E-state index in [0.717, 1.165) is 13.1 Å². The molecule has 3 N–H and O–H groups in total. The molecule has 1 heterocycles. The Morgan fingerprint density at radius 2 is 2.44 bits per heavy atom. The van der Waals surface area contributed by atoms with Crippen molar-refractivity contribution in [3.63, 3.8) is 0 Å². The molecule has 0 amide bonds. The van der Waals surface area contributed by atoms with Gasteiger partial charge >= 0.3 is 0 Å². The molecule has 1 rings (SSSR count). The fraction of sp³-hybridized carbons (Fsp3) is 1.00. The summed E-state index contributed by atoms with van der Waals surface area (Å²) in [5.41, 5.74) is 0. The van der Waals surface area contributed by atoms with Crippen molar-refractivity contribution in [2.24, 2.45) is 5.92 Å². The van der Waals surface area contributed by atoms with Gasteiger partial charge in [-0.15, -0.1) is 0 Å². The van der Waals surface area contributed by atoms with Crippen molar-refractivity contribution in [3.8, 4) is 0 Å². The summed E-state index contributed by atoms with van der Waals surface area (Å²) in [6, 6.07) is 0. The topological polar surface area (TPSA) is 61.4 Å². The van der Waals surface area contributed by atoms with Gasteiger partial charge in [0.2, 0.25) is 11.3 Å². The van der Waals surface area contributed by atoms with E-state index in [2.05, 4.69) is 10.0 Å². The van der Waals surface area contributed by atoms with Gasteiger partial charge in [0, 0.05) is 19.6 Å². The van der Waals surface area contributed by atoms with E-state index in [1.807, 2.05) is 0 Å². The van der Waals surface area contributed by atoms with Crippen LogP contribution in [0.5, 0.6) is 0 Å². The zero-order valence-electron chi connectivity index (χ0n) is 4.96. The number of nitrogens with one attached hydrogen (secondary N) is 2. The molecule has 0 aromatic rings. The molecule has 1 saturated heterocycles. The SMILES string of the molecule is O=S(O)NCC1CNC1. The molecule has 0 aromatic carbocycles. The molecule has 0 spiro atoms. The highest BCUT2D eigenvalue weighted by Crippen LogP contribution is 1.99. The Balaban J connectivity index is 1.97. The molecule has 1 aliphatic rings. The summed E-state index contributed by atoms with van der Waals surface area (Å²) in [4.78, 5) is 0. The Labute approximate surface area is 56.4 Å². The number of hydrogen-bond acceptors (Lipinski definition) is 2. The molecule has 5 heteroatoms. The van der Waals surface area contributed by atoms with Crippen molar-refractivity contribution in [1.29, 1.82) is 0 Å². The average molecular weight is 150 g/mol. The monoisotopic (exact) mass is 150 g/mol. The van der Waals surface area contributed by atoms with E-state index in [0.29, 0.717) is 12.5 Å². The van der Waals surface area contributed by atoms with Crippen LogP contribution in [0.2, 0.25) is 0 Å². The second-order valence-corrected chi connectivity index (χ2v) is 2.91. The second-order valence-electron chi connectivity index (χ2n) is 2.12. The van der Waals surface area contributed by atoms with Crippen LogP contribution in [0.4, 0.5) is 0 Å². The summed E-state index contributed by atoms with van der Waals surface area (Å²) < 4.78 is 20.7. The van der Waals surface area contributed by atoms with E-state index >= 15 is 0 Å². The Bertz CT molecular complexity index is 115. The number of hydrogen-bond donors (Lipinski definition) is 3. The Morgan fingerprint density at radius 3 is 2.78 bits per heavy atom. The van der Waals surface area contributed by atoms with Gasteiger partial charge in [-0.05, 0) is 5.92 Å². The molecule has 54 valence electrons. The first-order valence-electron chi connectivity index (χ1n) is 2.84. The highest BCUT2D eigenvalue weighted by molar-refractivity contribution is 7.77. The molecule has 0 aliphatic carbocycles. The zero-order chi connectivity index (χ0) is 6.69. The van der Waals surface area contributed by atoms with Crippen LogP contribution in [0.3, 0.4) is 0 Å². The highest BCUT2D eigenvalue weighted by atomic mass is 32.2. The van der Waals surface area contributed by atoms with Crippen LogP contribution in [0, 0.1) is 5.92 Å². The van der Waals surface area contributed by atoms with Gasteiger partial charge < -0.3 is 5.32 Å². The summed E-state index contributed by atoms with van der Waals surface area (Å²) in [6.45, 7) is 2.56. The lowest BCUT2D eigenvalue weighted by atomic mass is 10.1. The van der Waals surface area contributed by atoms with Crippen molar-refractivity contribution in [2.75, 3.05) is 19.6 Å². The molecule has 1 aliphatic heterocycles. The summed E-state index contributed by atoms with van der Waals surface area (Å²) in [5.74, 6) is 0.543. The van der Waals surface area contributed by atoms with Gasteiger partial charge in [-0.2, -0.15) is 0 Å². The van der Waals surface area contributed by atoms with Crippen molar-refractivity contribution in [2.45, 2.75) is 0 Å². The predicted molar refractivity (Wildman–Crippen MR) is 35.1 cm³/mol. The molecule has 1 atom stereocenters. The summed E-state index contributed by atoms with van der Waals surface area (Å²) >= 11 is -1.83. The maximum Gasteiger partial charge on any atom is 0.231 e. The van der Waals surface area contributed by atoms with Crippen LogP contribution in [-0.2, 0) is 11.3 Å². The first-order valence-corrected chi connectivity index (χ1v) is 3.95. The molecular weight excluding hydrogens is 140 g/mol. The predicted octanol–water partition coefficient (Wildman–Crippen LogP) is -1.07. The van der Waals surface area contributed by atoms with Gasteiger partial charge in [0.25, 0.3) is 0 Å². The lowest BCUT2D eigenvalue weighted by Crippen LogP contribution is -2.47. The fourth-order valence-corrected chi connectivity index (χ4v) is 1.06. The van der Waals surface area contributed by atoms with E-state index in [1.165, 1.54) is 0 Å². The van der Waals surface area contributed by atoms with Gasteiger partial charge in [0.1, 0.15) is 0 Å². The van der Waals surface area contributed by atoms with Gasteiger partial charge in [-0.25, -0.2) is 8.93 Å². The van der Waals surface area contributed by atoms with Crippen molar-refractivity contribution < 1.29 is 8.76 Å². The Morgan fingerprint density at radius 1 is 1.78 bits per heavy atom. The molecule has 0 saturated carbocycles. The normalized spacial score (nSPS) is 23.2. The van der Waals surface area contributed by atoms with E-state index in [-0.39, 0.29) is 0 Å². The van der Waals surface area contributed by atoms with E-state index in [1.54, 1.807) is 0 Å². The first kappa shape index (κ1) is 7.14. The minimum absolute atomic E-state index is 0.543. The smallest absolute Gasteiger partial charge is 0.231 e. The summed E-state index contributed by atoms with van der Waals surface area (Å²) in [5, 5.41) is 3.06. The Kier molecular flexibility index (Phi) is 2.59. The van der Waals surface area contributed by atoms with Gasteiger partial charge in [0.05, 0.1) is 0 Å². The third-order valence-corrected chi connectivity index (χ3v) is 1.78. The second kappa shape index (κ2) is 3.26. The third-order valence-electron chi connectivity index (χ3n) is 1.36. The maximum absolute atomic E-state index is 10.0. The van der Waals surface area contributed by atoms with E-state index in [9.17, 15) is 4.21 Å². The van der Waals surface area contributed by atoms with Crippen molar-refractivity contribution in [1.82, 2.24) is 10.0 Å². The molecule has 4 nitrogen and oxygen atoms in total. The maximum atomic E-state index is 10.0. The third kappa shape index (κ3) is 2.40. The Hall–Kier alpha value is 0.0300. The van der Waals surface area contributed by atoms with Crippen LogP contribution in [0.1, 0.15) is 0 Å². The fourth-order valence-electron chi connectivity index (χ4n) is 0.682. The highest BCUT2D eigenvalue weighted by Gasteiger charge is 2.16. The molecule has 0 bridgehead atoms. The average Bonchev–Trinajstić information content (AvgIpc) is 1.60. The zero-order valence-corrected chi connectivity index (χ0v) is 5.78. The van der Waals surface area contributed by atoms with E-state index < -0.39 is 11.3 Å². The van der Waals surface area contributed by atoms with Crippen LogP contribution in [0.25, 0.3) is 0 Å². The first-order chi connectivity index (χ1) is 4.29. The quantitative estimate of drug-likeness (QED) is 0.449. The van der Waals surface area contributed by atoms with Crippen LogP contribution >= 0.6 is 0 Å². The largest absolute Gasteiger partial charge is 0.316 e. The standard InChI is InChI=1S/C4H10N2O2S/c7-9(8)6-3-4-1-5-2-4/h4-6H,1-3H2,(H,7,8). The lowest BCUT2D eigenvalue weighted by Gasteiger charge is -2.26. The van der Waals surface area contributed by atoms with Gasteiger partial charge in [-0.1, -0.05) is 0 Å². The van der Waals surface area contributed by atoms with Crippen LogP contribution < -0.4 is 10.0 Å². The van der Waals surface area contributed by atoms with Crippen molar-refractivity contribution in [3.05, 3.63) is 0 Å². The molecule has 1 unspecified atom stereocenters. The number of rotatable bonds is 3. The summed E-state index contributed by atoms with van der Waals surface area (Å²) in [6.07, 6.45) is 0. The molecular formula is C4H10N2O2S. The van der Waals surface area contributed by atoms with Crippen LogP contribution in [-0.4, -0.2) is 28.4 Å². The van der Waals surface area contributed by atoms with Crippen LogP contribution in [0.15, 0.2) is 0 Å². The molecule has 1 fully saturated rings. The van der Waals surface area contributed by atoms with Gasteiger partial charge in [0.15, 0.2) is 0 Å². The summed E-state index contributed by atoms with van der Waals surface area (Å²) in [7, 11) is 0. The molecule has 0 aromatic heterocycles. The van der Waals surface area contributed by atoms with Gasteiger partial charge in [-0.3, -0.25) is 4.55 Å². The van der Waals surface area contributed by atoms with E-state index in [4.69, 9.17) is 4.55 Å². The van der Waals surface area contributed by atoms with Crippen molar-refractivity contribution >= 4 is 11.3 Å². The lowest BCUT2D eigenvalue weighted by molar-refractivity contribution is 0.346. The molecule has 9 heavy (non-hydrogen) atoms. The minimum atomic E-state index is -1.83. The minimum Gasteiger partial charge on any atom is -0.316 e. The molecule has 0 radical (unpaired) electrons.